The molecule has 0 bridgehead atoms. The molecule has 0 saturated carbocycles. The summed E-state index contributed by atoms with van der Waals surface area (Å²) in [6.07, 6.45) is 4.27. The minimum Gasteiger partial charge on any atom is -0.0619 e. The maximum atomic E-state index is 2.39. The van der Waals surface area contributed by atoms with E-state index in [-0.39, 0.29) is 0 Å². The van der Waals surface area contributed by atoms with Crippen LogP contribution >= 0.6 is 0 Å². The second-order valence-electron chi connectivity index (χ2n) is 8.02. The molecule has 0 saturated heterocycles. The van der Waals surface area contributed by atoms with Gasteiger partial charge in [0.05, 0.1) is 0 Å². The van der Waals surface area contributed by atoms with Gasteiger partial charge in [-0.2, -0.15) is 0 Å². The molecule has 4 aromatic carbocycles. The van der Waals surface area contributed by atoms with E-state index in [2.05, 4.69) is 86.6 Å². The highest BCUT2D eigenvalue weighted by atomic mass is 14.2. The Hall–Kier alpha value is -2.86. The van der Waals surface area contributed by atoms with Crippen molar-refractivity contribution < 1.29 is 0 Å². The summed E-state index contributed by atoms with van der Waals surface area (Å²) < 4.78 is 0. The number of aryl methyl sites for hydroxylation is 2. The molecular weight excluding hydrogens is 336 g/mol. The zero-order valence-electron chi connectivity index (χ0n) is 16.8. The maximum Gasteiger partial charge on any atom is -0.000729 e. The summed E-state index contributed by atoms with van der Waals surface area (Å²) in [4.78, 5) is 0. The van der Waals surface area contributed by atoms with E-state index in [4.69, 9.17) is 0 Å². The first-order valence-electron chi connectivity index (χ1n) is 10.5. The molecule has 138 valence electrons. The first kappa shape index (κ1) is 17.3. The molecule has 28 heavy (non-hydrogen) atoms. The number of hydrogen-bond donors (Lipinski definition) is 0. The fraction of sp³-hybridized carbons (Fsp3) is 0.214. The van der Waals surface area contributed by atoms with E-state index in [0.29, 0.717) is 0 Å². The lowest BCUT2D eigenvalue weighted by molar-refractivity contribution is 1.06. The lowest BCUT2D eigenvalue weighted by Crippen LogP contribution is -1.94. The lowest BCUT2D eigenvalue weighted by atomic mass is 9.94. The van der Waals surface area contributed by atoms with Crippen molar-refractivity contribution in [2.45, 2.75) is 39.5 Å². The van der Waals surface area contributed by atoms with Gasteiger partial charge in [-0.3, -0.25) is 0 Å². The minimum atomic E-state index is 1.01. The van der Waals surface area contributed by atoms with Crippen LogP contribution in [0.2, 0.25) is 0 Å². The molecule has 0 N–H and O–H groups in total. The molecule has 0 aromatic heterocycles. The fourth-order valence-corrected chi connectivity index (χ4v) is 4.71. The van der Waals surface area contributed by atoms with Gasteiger partial charge in [0.2, 0.25) is 0 Å². The van der Waals surface area contributed by atoms with Crippen molar-refractivity contribution in [1.29, 1.82) is 0 Å². The van der Waals surface area contributed by atoms with E-state index in [1.54, 1.807) is 0 Å². The van der Waals surface area contributed by atoms with Gasteiger partial charge in [0.15, 0.2) is 0 Å². The summed E-state index contributed by atoms with van der Waals surface area (Å²) in [6, 6.07) is 27.6. The highest BCUT2D eigenvalue weighted by Gasteiger charge is 2.19. The van der Waals surface area contributed by atoms with Crippen molar-refractivity contribution in [2.75, 3.05) is 0 Å². The smallest absolute Gasteiger partial charge is 0.000729 e. The number of fused-ring (bicyclic) bond motifs is 5. The van der Waals surface area contributed by atoms with Crippen LogP contribution in [0.15, 0.2) is 72.8 Å². The Labute approximate surface area is 167 Å². The zero-order chi connectivity index (χ0) is 19.1. The summed E-state index contributed by atoms with van der Waals surface area (Å²) >= 11 is 0. The highest BCUT2D eigenvalue weighted by Crippen LogP contribution is 2.40. The molecule has 1 aliphatic carbocycles. The lowest BCUT2D eigenvalue weighted by Gasteiger charge is -2.11. The monoisotopic (exact) mass is 362 g/mol. The average Bonchev–Trinajstić information content (AvgIpc) is 3.12. The summed E-state index contributed by atoms with van der Waals surface area (Å²) in [7, 11) is 0. The van der Waals surface area contributed by atoms with Crippen molar-refractivity contribution in [2.24, 2.45) is 0 Å². The van der Waals surface area contributed by atoms with Crippen LogP contribution < -0.4 is 0 Å². The second-order valence-corrected chi connectivity index (χ2v) is 8.02. The van der Waals surface area contributed by atoms with Crippen LogP contribution in [-0.2, 0) is 25.7 Å². The third-order valence-electron chi connectivity index (χ3n) is 6.21. The van der Waals surface area contributed by atoms with E-state index >= 15 is 0 Å². The van der Waals surface area contributed by atoms with Gasteiger partial charge < -0.3 is 0 Å². The Morgan fingerprint density at radius 1 is 0.643 bits per heavy atom. The molecule has 0 amide bonds. The molecule has 5 rings (SSSR count). The van der Waals surface area contributed by atoms with Crippen molar-refractivity contribution in [1.82, 2.24) is 0 Å². The van der Waals surface area contributed by atoms with Gasteiger partial charge in [-0.05, 0) is 81.0 Å². The molecule has 0 radical (unpaired) electrons. The van der Waals surface area contributed by atoms with E-state index in [1.807, 2.05) is 0 Å². The van der Waals surface area contributed by atoms with E-state index in [0.717, 1.165) is 25.7 Å². The van der Waals surface area contributed by atoms with Gasteiger partial charge in [-0.1, -0.05) is 86.6 Å². The predicted molar refractivity (Wildman–Crippen MR) is 120 cm³/mol. The largest absolute Gasteiger partial charge is 0.0619 e. The van der Waals surface area contributed by atoms with Crippen LogP contribution in [0, 0.1) is 0 Å². The van der Waals surface area contributed by atoms with Gasteiger partial charge in [-0.25, -0.2) is 0 Å². The fourth-order valence-electron chi connectivity index (χ4n) is 4.71. The SMILES string of the molecule is CCc1cc(CC)cc(Cc2ccc3c4c(ccc3c2)-c2ccccc2C4)c1. The molecule has 4 aromatic rings. The number of benzene rings is 4. The summed E-state index contributed by atoms with van der Waals surface area (Å²) in [6.45, 7) is 4.49. The quantitative estimate of drug-likeness (QED) is 0.319. The molecule has 0 unspecified atom stereocenters. The molecule has 0 heteroatoms. The van der Waals surface area contributed by atoms with Gasteiger partial charge in [0.1, 0.15) is 0 Å². The molecule has 0 heterocycles. The van der Waals surface area contributed by atoms with Crippen LogP contribution in [0.1, 0.15) is 47.2 Å². The molecule has 0 fully saturated rings. The second kappa shape index (κ2) is 6.95. The Bertz CT molecular complexity index is 1160. The van der Waals surface area contributed by atoms with Crippen LogP contribution in [0.5, 0.6) is 0 Å². The predicted octanol–water partition coefficient (Wildman–Crippen LogP) is 7.13. The first-order chi connectivity index (χ1) is 13.7. The van der Waals surface area contributed by atoms with Gasteiger partial charge >= 0.3 is 0 Å². The molecule has 0 aliphatic heterocycles. The van der Waals surface area contributed by atoms with Gasteiger partial charge in [0, 0.05) is 0 Å². The van der Waals surface area contributed by atoms with E-state index < -0.39 is 0 Å². The standard InChI is InChI=1S/C28H26/c1-3-19-13-20(4-2)15-22(14-19)16-21-9-11-26-24(17-21)10-12-27-25-8-6-5-7-23(25)18-28(26)27/h5-15,17H,3-4,16,18H2,1-2H3. The average molecular weight is 363 g/mol. The van der Waals surface area contributed by atoms with Gasteiger partial charge in [-0.15, -0.1) is 0 Å². The van der Waals surface area contributed by atoms with E-state index in [1.165, 1.54) is 55.3 Å². The Morgan fingerprint density at radius 3 is 2.18 bits per heavy atom. The third-order valence-corrected chi connectivity index (χ3v) is 6.21. The number of hydrogen-bond acceptors (Lipinski definition) is 0. The Morgan fingerprint density at radius 2 is 1.39 bits per heavy atom. The third kappa shape index (κ3) is 2.94. The summed E-state index contributed by atoms with van der Waals surface area (Å²) in [5.74, 6) is 0. The molecule has 0 spiro atoms. The van der Waals surface area contributed by atoms with Gasteiger partial charge in [0.25, 0.3) is 0 Å². The van der Waals surface area contributed by atoms with Crippen molar-refractivity contribution in [3.05, 3.63) is 106 Å². The van der Waals surface area contributed by atoms with Crippen LogP contribution in [-0.4, -0.2) is 0 Å². The van der Waals surface area contributed by atoms with Crippen molar-refractivity contribution >= 4 is 10.8 Å². The molecular formula is C28H26. The Kier molecular flexibility index (Phi) is 4.28. The Balaban J connectivity index is 1.52. The highest BCUT2D eigenvalue weighted by molar-refractivity contribution is 5.95. The molecule has 0 nitrogen and oxygen atoms in total. The zero-order valence-corrected chi connectivity index (χ0v) is 16.8. The number of rotatable bonds is 4. The molecule has 1 aliphatic rings. The minimum absolute atomic E-state index is 1.01. The van der Waals surface area contributed by atoms with Crippen molar-refractivity contribution in [3.63, 3.8) is 0 Å². The van der Waals surface area contributed by atoms with Crippen molar-refractivity contribution in [3.8, 4) is 11.1 Å². The summed E-state index contributed by atoms with van der Waals surface area (Å²) in [5.41, 5.74) is 11.5. The maximum absolute atomic E-state index is 2.39. The summed E-state index contributed by atoms with van der Waals surface area (Å²) in [5, 5.41) is 2.78. The van der Waals surface area contributed by atoms with Crippen LogP contribution in [0.25, 0.3) is 21.9 Å². The molecule has 0 atom stereocenters. The van der Waals surface area contributed by atoms with Crippen LogP contribution in [0.4, 0.5) is 0 Å². The topological polar surface area (TPSA) is 0 Å². The van der Waals surface area contributed by atoms with E-state index in [9.17, 15) is 0 Å². The van der Waals surface area contributed by atoms with Crippen LogP contribution in [0.3, 0.4) is 0 Å². The first-order valence-corrected chi connectivity index (χ1v) is 10.5. The normalized spacial score (nSPS) is 12.2.